The van der Waals surface area contributed by atoms with Crippen LogP contribution in [0.25, 0.3) is 0 Å². The van der Waals surface area contributed by atoms with Crippen LogP contribution in [0.15, 0.2) is 86.7 Å². The van der Waals surface area contributed by atoms with Crippen molar-refractivity contribution in [3.05, 3.63) is 114 Å². The van der Waals surface area contributed by atoms with E-state index in [0.29, 0.717) is 12.2 Å². The normalized spacial score (nSPS) is 13.5. The van der Waals surface area contributed by atoms with E-state index in [1.807, 2.05) is 48.5 Å². The van der Waals surface area contributed by atoms with Crippen LogP contribution in [0.5, 0.6) is 5.75 Å². The van der Waals surface area contributed by atoms with Gasteiger partial charge in [-0.3, -0.25) is 4.90 Å². The van der Waals surface area contributed by atoms with E-state index in [9.17, 15) is 5.26 Å². The lowest BCUT2D eigenvalue weighted by atomic mass is 10.0. The fourth-order valence-electron chi connectivity index (χ4n) is 4.31. The number of thiophene rings is 1. The Bertz CT molecular complexity index is 1430. The molecule has 0 spiro atoms. The second-order valence-corrected chi connectivity index (χ2v) is 11.4. The van der Waals surface area contributed by atoms with Gasteiger partial charge < -0.3 is 4.74 Å². The van der Waals surface area contributed by atoms with Crippen LogP contribution in [-0.4, -0.2) is 17.7 Å². The molecule has 4 aromatic rings. The van der Waals surface area contributed by atoms with Gasteiger partial charge in [-0.25, -0.2) is 4.99 Å². The van der Waals surface area contributed by atoms with Gasteiger partial charge >= 0.3 is 0 Å². The summed E-state index contributed by atoms with van der Waals surface area (Å²) < 4.78 is 7.94. The molecule has 1 aliphatic heterocycles. The van der Waals surface area contributed by atoms with Crippen LogP contribution in [0.4, 0.5) is 5.00 Å². The predicted octanol–water partition coefficient (Wildman–Crippen LogP) is 8.03. The third-order valence-electron chi connectivity index (χ3n) is 6.06. The summed E-state index contributed by atoms with van der Waals surface area (Å²) in [6.45, 7) is 3.14. The average Bonchev–Trinajstić information content (AvgIpc) is 3.24. The van der Waals surface area contributed by atoms with Crippen molar-refractivity contribution in [2.75, 3.05) is 6.54 Å². The molecule has 0 fully saturated rings. The summed E-state index contributed by atoms with van der Waals surface area (Å²) in [5.41, 5.74) is 5.09. The van der Waals surface area contributed by atoms with Gasteiger partial charge in [0.15, 0.2) is 0 Å². The molecule has 36 heavy (non-hydrogen) atoms. The number of rotatable bonds is 7. The Labute approximate surface area is 232 Å². The van der Waals surface area contributed by atoms with Gasteiger partial charge in [-0.1, -0.05) is 76.6 Å². The Morgan fingerprint density at radius 3 is 2.47 bits per heavy atom. The minimum atomic E-state index is 0.454. The zero-order chi connectivity index (χ0) is 24.9. The molecule has 0 atom stereocenters. The predicted molar refractivity (Wildman–Crippen MR) is 153 cm³/mol. The number of ether oxygens (including phenoxy) is 1. The molecule has 0 aliphatic carbocycles. The van der Waals surface area contributed by atoms with Gasteiger partial charge in [0, 0.05) is 40.8 Å². The van der Waals surface area contributed by atoms with Crippen molar-refractivity contribution < 1.29 is 4.74 Å². The third kappa shape index (κ3) is 5.79. The number of benzene rings is 3. The Morgan fingerprint density at radius 1 is 1.03 bits per heavy atom. The molecule has 1 aromatic heterocycles. The van der Waals surface area contributed by atoms with Crippen LogP contribution in [0.1, 0.15) is 32.7 Å². The number of nitriles is 1. The fourth-order valence-corrected chi connectivity index (χ4v) is 6.87. The quantitative estimate of drug-likeness (QED) is 0.197. The number of halogens is 2. The zero-order valence-electron chi connectivity index (χ0n) is 19.5. The SMILES string of the molecule is N#Cc1c(N=Cc2cc(Br)cc(Br)c2OCc2ccccc2)sc2c1CCN(Cc1ccccc1)C2. The number of hydrogen-bond donors (Lipinski definition) is 0. The molecule has 5 rings (SSSR count). The highest BCUT2D eigenvalue weighted by Crippen LogP contribution is 2.39. The molecule has 0 N–H and O–H groups in total. The molecule has 3 aromatic carbocycles. The van der Waals surface area contributed by atoms with Crippen LogP contribution in [0, 0.1) is 11.3 Å². The van der Waals surface area contributed by atoms with Crippen molar-refractivity contribution in [3.8, 4) is 11.8 Å². The van der Waals surface area contributed by atoms with Crippen molar-refractivity contribution in [2.45, 2.75) is 26.1 Å². The first kappa shape index (κ1) is 24.9. The number of hydrogen-bond acceptors (Lipinski definition) is 5. The van der Waals surface area contributed by atoms with Crippen molar-refractivity contribution in [1.29, 1.82) is 5.26 Å². The third-order valence-corrected chi connectivity index (χ3v) is 8.23. The van der Waals surface area contributed by atoms with E-state index in [1.54, 1.807) is 17.6 Å². The molecule has 4 nitrogen and oxygen atoms in total. The van der Waals surface area contributed by atoms with Gasteiger partial charge in [0.2, 0.25) is 0 Å². The molecule has 1 aliphatic rings. The van der Waals surface area contributed by atoms with E-state index in [-0.39, 0.29) is 0 Å². The Morgan fingerprint density at radius 2 is 1.75 bits per heavy atom. The van der Waals surface area contributed by atoms with Gasteiger partial charge in [0.25, 0.3) is 0 Å². The van der Waals surface area contributed by atoms with Gasteiger partial charge in [0.05, 0.1) is 10.0 Å². The van der Waals surface area contributed by atoms with E-state index in [4.69, 9.17) is 9.73 Å². The molecule has 7 heteroatoms. The first-order valence-electron chi connectivity index (χ1n) is 11.6. The molecular weight excluding hydrogens is 598 g/mol. The van der Waals surface area contributed by atoms with E-state index < -0.39 is 0 Å². The highest BCUT2D eigenvalue weighted by Gasteiger charge is 2.24. The van der Waals surface area contributed by atoms with Crippen molar-refractivity contribution >= 4 is 54.4 Å². The zero-order valence-corrected chi connectivity index (χ0v) is 23.4. The lowest BCUT2D eigenvalue weighted by Gasteiger charge is -2.26. The van der Waals surface area contributed by atoms with E-state index in [1.165, 1.54) is 10.4 Å². The highest BCUT2D eigenvalue weighted by molar-refractivity contribution is 9.11. The molecule has 0 unspecified atom stereocenters. The largest absolute Gasteiger partial charge is 0.487 e. The van der Waals surface area contributed by atoms with Gasteiger partial charge in [-0.05, 0) is 51.2 Å². The van der Waals surface area contributed by atoms with Crippen LogP contribution in [-0.2, 0) is 26.1 Å². The molecule has 0 radical (unpaired) electrons. The minimum Gasteiger partial charge on any atom is -0.487 e. The molecule has 0 amide bonds. The fraction of sp³-hybridized carbons (Fsp3) is 0.172. The average molecular weight is 621 g/mol. The Balaban J connectivity index is 1.38. The summed E-state index contributed by atoms with van der Waals surface area (Å²) in [7, 11) is 0. The number of nitrogens with zero attached hydrogens (tertiary/aromatic N) is 3. The maximum absolute atomic E-state index is 9.94. The number of aliphatic imine (C=N–C) groups is 1. The van der Waals surface area contributed by atoms with Gasteiger partial charge in [-0.2, -0.15) is 5.26 Å². The minimum absolute atomic E-state index is 0.454. The van der Waals surface area contributed by atoms with E-state index in [0.717, 1.165) is 62.4 Å². The maximum Gasteiger partial charge on any atom is 0.142 e. The van der Waals surface area contributed by atoms with Crippen molar-refractivity contribution in [1.82, 2.24) is 4.90 Å². The molecular formula is C29H23Br2N3OS. The molecule has 2 heterocycles. The molecule has 180 valence electrons. The Kier molecular flexibility index (Phi) is 7.98. The standard InChI is InChI=1S/C29H23Br2N3OS/c30-23-13-22(28(26(31)14-23)35-19-21-9-5-2-6-10-21)16-33-29-25(15-32)24-11-12-34(18-27(24)36-29)17-20-7-3-1-4-8-20/h1-10,13-14,16H,11-12,17-19H2. The monoisotopic (exact) mass is 619 g/mol. The summed E-state index contributed by atoms with van der Waals surface area (Å²) in [4.78, 5) is 8.46. The highest BCUT2D eigenvalue weighted by atomic mass is 79.9. The van der Waals surface area contributed by atoms with Gasteiger partial charge in [-0.15, -0.1) is 11.3 Å². The van der Waals surface area contributed by atoms with Gasteiger partial charge in [0.1, 0.15) is 23.4 Å². The van der Waals surface area contributed by atoms with E-state index >= 15 is 0 Å². The topological polar surface area (TPSA) is 48.6 Å². The van der Waals surface area contributed by atoms with Crippen molar-refractivity contribution in [2.24, 2.45) is 4.99 Å². The van der Waals surface area contributed by atoms with Crippen molar-refractivity contribution in [3.63, 3.8) is 0 Å². The molecule has 0 saturated carbocycles. The van der Waals surface area contributed by atoms with Crippen LogP contribution in [0.3, 0.4) is 0 Å². The second kappa shape index (κ2) is 11.5. The lowest BCUT2D eigenvalue weighted by molar-refractivity contribution is 0.249. The molecule has 0 saturated heterocycles. The van der Waals surface area contributed by atoms with Crippen LogP contribution in [0.2, 0.25) is 0 Å². The summed E-state index contributed by atoms with van der Waals surface area (Å²) in [6, 6.07) is 27.0. The molecule has 0 bridgehead atoms. The first-order valence-corrected chi connectivity index (χ1v) is 14.0. The lowest BCUT2D eigenvalue weighted by Crippen LogP contribution is -2.29. The smallest absolute Gasteiger partial charge is 0.142 e. The summed E-state index contributed by atoms with van der Waals surface area (Å²) in [5, 5.41) is 10.7. The van der Waals surface area contributed by atoms with E-state index in [2.05, 4.69) is 67.1 Å². The summed E-state index contributed by atoms with van der Waals surface area (Å²) in [6.07, 6.45) is 2.67. The first-order chi connectivity index (χ1) is 17.6. The number of fused-ring (bicyclic) bond motifs is 1. The van der Waals surface area contributed by atoms with Crippen LogP contribution >= 0.6 is 43.2 Å². The maximum atomic E-state index is 9.94. The summed E-state index contributed by atoms with van der Waals surface area (Å²) in [5.74, 6) is 0.722. The Hall–Kier alpha value is -2.76. The van der Waals surface area contributed by atoms with Crippen LogP contribution < -0.4 is 4.74 Å². The summed E-state index contributed by atoms with van der Waals surface area (Å²) >= 11 is 8.83. The second-order valence-electron chi connectivity index (χ2n) is 8.58.